The molecule has 0 heterocycles. The molecule has 3 rings (SSSR count). The first-order valence-electron chi connectivity index (χ1n) is 10.1. The highest BCUT2D eigenvalue weighted by atomic mass is 35.5. The second-order valence-corrected chi connectivity index (χ2v) is 9.29. The van der Waals surface area contributed by atoms with E-state index < -0.39 is 28.0 Å². The Hall–Kier alpha value is -3.71. The van der Waals surface area contributed by atoms with Crippen molar-refractivity contribution in [1.29, 1.82) is 5.26 Å². The van der Waals surface area contributed by atoms with E-state index in [0.29, 0.717) is 0 Å². The molecule has 0 aliphatic carbocycles. The highest BCUT2D eigenvalue weighted by Crippen LogP contribution is 2.24. The average Bonchev–Trinajstić information content (AvgIpc) is 2.83. The minimum atomic E-state index is -4.04. The SMILES string of the molecule is CC(OC(=O)c1ccc(Cl)c(S(=O)(=O)NCc2ccccc2)c1)C(=O)Nc1ccccc1C#N. The smallest absolute Gasteiger partial charge is 0.338 e. The summed E-state index contributed by atoms with van der Waals surface area (Å²) in [4.78, 5) is 24.7. The van der Waals surface area contributed by atoms with E-state index in [-0.39, 0.29) is 33.3 Å². The molecule has 3 aromatic carbocycles. The van der Waals surface area contributed by atoms with Gasteiger partial charge < -0.3 is 10.1 Å². The van der Waals surface area contributed by atoms with Gasteiger partial charge in [-0.3, -0.25) is 4.79 Å². The fourth-order valence-electron chi connectivity index (χ4n) is 2.89. The maximum Gasteiger partial charge on any atom is 0.338 e. The summed E-state index contributed by atoms with van der Waals surface area (Å²) in [5.74, 6) is -1.56. The molecule has 10 heteroatoms. The van der Waals surface area contributed by atoms with Gasteiger partial charge in [-0.2, -0.15) is 5.26 Å². The quantitative estimate of drug-likeness (QED) is 0.455. The number of nitrogens with zero attached hydrogens (tertiary/aromatic N) is 1. The maximum absolute atomic E-state index is 12.8. The van der Waals surface area contributed by atoms with Crippen LogP contribution >= 0.6 is 11.6 Å². The van der Waals surface area contributed by atoms with Crippen LogP contribution in [0.5, 0.6) is 0 Å². The number of nitrogens with one attached hydrogen (secondary N) is 2. The summed E-state index contributed by atoms with van der Waals surface area (Å²) in [5, 5.41) is 11.6. The van der Waals surface area contributed by atoms with Crippen LogP contribution in [0.1, 0.15) is 28.4 Å². The average molecular weight is 498 g/mol. The predicted molar refractivity (Wildman–Crippen MR) is 127 cm³/mol. The maximum atomic E-state index is 12.8. The van der Waals surface area contributed by atoms with Crippen LogP contribution in [0.4, 0.5) is 5.69 Å². The van der Waals surface area contributed by atoms with E-state index in [0.717, 1.165) is 11.6 Å². The molecule has 1 unspecified atom stereocenters. The summed E-state index contributed by atoms with van der Waals surface area (Å²) in [7, 11) is -4.04. The Bertz CT molecular complexity index is 1350. The molecule has 2 N–H and O–H groups in total. The van der Waals surface area contributed by atoms with E-state index >= 15 is 0 Å². The van der Waals surface area contributed by atoms with Crippen LogP contribution in [0.2, 0.25) is 5.02 Å². The van der Waals surface area contributed by atoms with Gasteiger partial charge in [0.25, 0.3) is 5.91 Å². The van der Waals surface area contributed by atoms with Crippen molar-refractivity contribution in [3.63, 3.8) is 0 Å². The van der Waals surface area contributed by atoms with Crippen molar-refractivity contribution in [1.82, 2.24) is 4.72 Å². The molecule has 0 saturated carbocycles. The predicted octanol–water partition coefficient (Wildman–Crippen LogP) is 3.87. The molecular formula is C24H20ClN3O5S. The number of hydrogen-bond acceptors (Lipinski definition) is 6. The molecule has 1 atom stereocenters. The van der Waals surface area contributed by atoms with Crippen LogP contribution in [-0.4, -0.2) is 26.4 Å². The van der Waals surface area contributed by atoms with E-state index in [1.807, 2.05) is 12.1 Å². The largest absolute Gasteiger partial charge is 0.449 e. The van der Waals surface area contributed by atoms with Crippen LogP contribution < -0.4 is 10.0 Å². The van der Waals surface area contributed by atoms with Crippen LogP contribution in [0, 0.1) is 11.3 Å². The molecule has 174 valence electrons. The Balaban J connectivity index is 1.71. The van der Waals surface area contributed by atoms with Crippen LogP contribution in [0.25, 0.3) is 0 Å². The molecule has 8 nitrogen and oxygen atoms in total. The lowest BCUT2D eigenvalue weighted by Crippen LogP contribution is -2.30. The van der Waals surface area contributed by atoms with Gasteiger partial charge in [0.1, 0.15) is 11.0 Å². The van der Waals surface area contributed by atoms with Gasteiger partial charge in [0.05, 0.1) is 21.8 Å². The molecule has 0 spiro atoms. The fourth-order valence-corrected chi connectivity index (χ4v) is 4.44. The number of hydrogen-bond donors (Lipinski definition) is 2. The van der Waals surface area contributed by atoms with Gasteiger partial charge in [0.2, 0.25) is 10.0 Å². The standard InChI is InChI=1S/C24H20ClN3O5S/c1-16(23(29)28-21-10-6-5-9-19(21)14-26)33-24(30)18-11-12-20(25)22(13-18)34(31,32)27-15-17-7-3-2-4-8-17/h2-13,16,27H,15H2,1H3,(H,28,29). The molecule has 0 saturated heterocycles. The molecular weight excluding hydrogens is 478 g/mol. The van der Waals surface area contributed by atoms with Crippen molar-refractivity contribution in [2.75, 3.05) is 5.32 Å². The van der Waals surface area contributed by atoms with Gasteiger partial charge >= 0.3 is 5.97 Å². The normalized spacial score (nSPS) is 11.8. The monoisotopic (exact) mass is 497 g/mol. The van der Waals surface area contributed by atoms with Crippen LogP contribution in [0.15, 0.2) is 77.7 Å². The Morgan fingerprint density at radius 3 is 2.44 bits per heavy atom. The molecule has 0 radical (unpaired) electrons. The minimum Gasteiger partial charge on any atom is -0.449 e. The second kappa shape index (κ2) is 10.9. The highest BCUT2D eigenvalue weighted by molar-refractivity contribution is 7.89. The summed E-state index contributed by atoms with van der Waals surface area (Å²) in [5.41, 5.74) is 1.18. The summed E-state index contributed by atoms with van der Waals surface area (Å²) < 4.78 is 33.1. The zero-order chi connectivity index (χ0) is 24.7. The summed E-state index contributed by atoms with van der Waals surface area (Å²) in [6.45, 7) is 1.40. The molecule has 3 aromatic rings. The number of sulfonamides is 1. The first-order valence-corrected chi connectivity index (χ1v) is 11.9. The molecule has 0 bridgehead atoms. The van der Waals surface area contributed by atoms with Gasteiger partial charge in [-0.15, -0.1) is 0 Å². The van der Waals surface area contributed by atoms with E-state index in [2.05, 4.69) is 10.0 Å². The number of nitriles is 1. The van der Waals surface area contributed by atoms with Crippen molar-refractivity contribution in [2.45, 2.75) is 24.5 Å². The van der Waals surface area contributed by atoms with Crippen LogP contribution in [-0.2, 0) is 26.1 Å². The van der Waals surface area contributed by atoms with Crippen molar-refractivity contribution in [3.05, 3.63) is 94.5 Å². The van der Waals surface area contributed by atoms with Crippen molar-refractivity contribution in [3.8, 4) is 6.07 Å². The Kier molecular flexibility index (Phi) is 8.02. The topological polar surface area (TPSA) is 125 Å². The molecule has 0 fully saturated rings. The lowest BCUT2D eigenvalue weighted by molar-refractivity contribution is -0.123. The van der Waals surface area contributed by atoms with Crippen molar-refractivity contribution >= 4 is 39.2 Å². The molecule has 1 amide bonds. The zero-order valence-corrected chi connectivity index (χ0v) is 19.6. The Morgan fingerprint density at radius 1 is 1.06 bits per heavy atom. The lowest BCUT2D eigenvalue weighted by Gasteiger charge is -2.15. The zero-order valence-electron chi connectivity index (χ0n) is 18.0. The minimum absolute atomic E-state index is 0.0373. The Morgan fingerprint density at radius 2 is 1.74 bits per heavy atom. The molecule has 0 aromatic heterocycles. The van der Waals surface area contributed by atoms with Gasteiger partial charge in [0.15, 0.2) is 6.10 Å². The first-order chi connectivity index (χ1) is 16.2. The van der Waals surface area contributed by atoms with Gasteiger partial charge in [-0.25, -0.2) is 17.9 Å². The number of benzene rings is 3. The Labute approximate surface area is 202 Å². The molecule has 0 aliphatic rings. The van der Waals surface area contributed by atoms with E-state index in [9.17, 15) is 18.0 Å². The summed E-state index contributed by atoms with van der Waals surface area (Å²) in [6.07, 6.45) is -1.22. The van der Waals surface area contributed by atoms with Gasteiger partial charge in [-0.05, 0) is 42.8 Å². The molecule has 0 aliphatic heterocycles. The van der Waals surface area contributed by atoms with Crippen molar-refractivity contribution < 1.29 is 22.7 Å². The third-order valence-electron chi connectivity index (χ3n) is 4.72. The van der Waals surface area contributed by atoms with E-state index in [1.54, 1.807) is 42.5 Å². The third-order valence-corrected chi connectivity index (χ3v) is 6.61. The number of rotatable bonds is 8. The number of carbonyl (C=O) groups is 2. The van der Waals surface area contributed by atoms with E-state index in [4.69, 9.17) is 21.6 Å². The number of ether oxygens (including phenoxy) is 1. The number of halogens is 1. The molecule has 34 heavy (non-hydrogen) atoms. The summed E-state index contributed by atoms with van der Waals surface area (Å²) in [6, 6.07) is 20.9. The van der Waals surface area contributed by atoms with Gasteiger partial charge in [-0.1, -0.05) is 54.1 Å². The first kappa shape index (κ1) is 24.9. The number of amides is 1. The highest BCUT2D eigenvalue weighted by Gasteiger charge is 2.23. The lowest BCUT2D eigenvalue weighted by atomic mass is 10.2. The second-order valence-electron chi connectivity index (χ2n) is 7.15. The number of carbonyl (C=O) groups excluding carboxylic acids is 2. The van der Waals surface area contributed by atoms with Crippen LogP contribution in [0.3, 0.4) is 0 Å². The number of anilines is 1. The fraction of sp³-hybridized carbons (Fsp3) is 0.125. The van der Waals surface area contributed by atoms with Crippen molar-refractivity contribution in [2.24, 2.45) is 0 Å². The summed E-state index contributed by atoms with van der Waals surface area (Å²) >= 11 is 6.08. The number of para-hydroxylation sites is 1. The van der Waals surface area contributed by atoms with Gasteiger partial charge in [0, 0.05) is 6.54 Å². The number of esters is 1. The van der Waals surface area contributed by atoms with E-state index in [1.165, 1.54) is 25.1 Å². The third kappa shape index (κ3) is 6.20.